The van der Waals surface area contributed by atoms with Crippen LogP contribution in [0.25, 0.3) is 0 Å². The second-order valence-corrected chi connectivity index (χ2v) is 6.41. The van der Waals surface area contributed by atoms with Crippen molar-refractivity contribution in [3.8, 4) is 0 Å². The third-order valence-electron chi connectivity index (χ3n) is 3.49. The summed E-state index contributed by atoms with van der Waals surface area (Å²) in [5.41, 5.74) is 1.92. The van der Waals surface area contributed by atoms with Crippen LogP contribution in [0.15, 0.2) is 11.4 Å². The maximum atomic E-state index is 12.6. The van der Waals surface area contributed by atoms with E-state index in [1.54, 1.807) is 6.92 Å². The van der Waals surface area contributed by atoms with Crippen molar-refractivity contribution in [2.24, 2.45) is 0 Å². The fraction of sp³-hybridized carbons (Fsp3) is 0.467. The highest BCUT2D eigenvalue weighted by Crippen LogP contribution is 2.23. The number of carbonyl (C=O) groups excluding carboxylic acids is 1. The van der Waals surface area contributed by atoms with E-state index in [1.165, 1.54) is 24.3 Å². The summed E-state index contributed by atoms with van der Waals surface area (Å²) in [6.45, 7) is 4.30. The van der Waals surface area contributed by atoms with Crippen LogP contribution in [0.4, 0.5) is 13.2 Å². The van der Waals surface area contributed by atoms with Crippen LogP contribution in [-0.4, -0.2) is 28.2 Å². The van der Waals surface area contributed by atoms with Gasteiger partial charge in [0.15, 0.2) is 0 Å². The van der Waals surface area contributed by atoms with E-state index in [0.717, 1.165) is 15.3 Å². The number of nitrogens with zero attached hydrogens (tertiary/aromatic N) is 2. The molecule has 2 heterocycles. The number of hydrogen-bond acceptors (Lipinski definition) is 3. The van der Waals surface area contributed by atoms with Crippen molar-refractivity contribution < 1.29 is 18.0 Å². The van der Waals surface area contributed by atoms with Gasteiger partial charge in [-0.1, -0.05) is 0 Å². The van der Waals surface area contributed by atoms with E-state index < -0.39 is 12.7 Å². The quantitative estimate of drug-likeness (QED) is 0.903. The number of aromatic nitrogens is 2. The van der Waals surface area contributed by atoms with Crippen LogP contribution < -0.4 is 5.32 Å². The third-order valence-corrected chi connectivity index (χ3v) is 4.31. The summed E-state index contributed by atoms with van der Waals surface area (Å²) in [7, 11) is 0. The highest BCUT2D eigenvalue weighted by Gasteiger charge is 2.30. The minimum absolute atomic E-state index is 0.279. The summed E-state index contributed by atoms with van der Waals surface area (Å²) in [5, 5.41) is 5.62. The lowest BCUT2D eigenvalue weighted by atomic mass is 10.2. The van der Waals surface area contributed by atoms with Gasteiger partial charge in [0, 0.05) is 29.7 Å². The molecule has 2 rings (SSSR count). The van der Waals surface area contributed by atoms with Gasteiger partial charge in [-0.25, -0.2) is 4.98 Å². The predicted molar refractivity (Wildman–Crippen MR) is 82.8 cm³/mol. The molecule has 4 nitrogen and oxygen atoms in total. The molecule has 0 atom stereocenters. The molecule has 2 aromatic rings. The summed E-state index contributed by atoms with van der Waals surface area (Å²) in [4.78, 5) is 16.5. The monoisotopic (exact) mass is 345 g/mol. The SMILES string of the molecule is Cc1nc(CCNC(=O)c2cc(C)n(CC(F)(F)F)c2C)cs1. The molecule has 0 saturated heterocycles. The number of thiazole rings is 1. The Kier molecular flexibility index (Phi) is 5.13. The van der Waals surface area contributed by atoms with E-state index in [-0.39, 0.29) is 11.5 Å². The van der Waals surface area contributed by atoms with E-state index in [1.807, 2.05) is 12.3 Å². The molecular weight excluding hydrogens is 327 g/mol. The molecule has 0 radical (unpaired) electrons. The van der Waals surface area contributed by atoms with E-state index >= 15 is 0 Å². The average molecular weight is 345 g/mol. The van der Waals surface area contributed by atoms with Gasteiger partial charge < -0.3 is 9.88 Å². The molecule has 2 aromatic heterocycles. The predicted octanol–water partition coefficient (Wildman–Crippen LogP) is 3.40. The van der Waals surface area contributed by atoms with Crippen molar-refractivity contribution in [3.63, 3.8) is 0 Å². The normalized spacial score (nSPS) is 11.7. The Hall–Kier alpha value is -1.83. The van der Waals surface area contributed by atoms with Crippen LogP contribution in [0, 0.1) is 20.8 Å². The number of halogens is 3. The molecule has 0 spiro atoms. The van der Waals surface area contributed by atoms with Gasteiger partial charge in [0.05, 0.1) is 16.3 Å². The molecule has 0 saturated carbocycles. The summed E-state index contributed by atoms with van der Waals surface area (Å²) in [6.07, 6.45) is -3.72. The number of rotatable bonds is 5. The minimum atomic E-state index is -4.31. The molecule has 0 fully saturated rings. The molecule has 0 unspecified atom stereocenters. The van der Waals surface area contributed by atoms with Gasteiger partial charge in [0.2, 0.25) is 0 Å². The van der Waals surface area contributed by atoms with Gasteiger partial charge in [0.1, 0.15) is 6.54 Å². The van der Waals surface area contributed by atoms with Crippen LogP contribution >= 0.6 is 11.3 Å². The first-order valence-corrected chi connectivity index (χ1v) is 7.98. The molecule has 0 aliphatic heterocycles. The number of alkyl halides is 3. The van der Waals surface area contributed by atoms with Gasteiger partial charge in [-0.3, -0.25) is 4.79 Å². The fourth-order valence-electron chi connectivity index (χ4n) is 2.38. The Bertz CT molecular complexity index is 703. The first kappa shape index (κ1) is 17.5. The zero-order chi connectivity index (χ0) is 17.2. The maximum absolute atomic E-state index is 12.6. The molecule has 0 aliphatic carbocycles. The summed E-state index contributed by atoms with van der Waals surface area (Å²) in [6, 6.07) is 1.49. The van der Waals surface area contributed by atoms with E-state index in [0.29, 0.717) is 24.4 Å². The minimum Gasteiger partial charge on any atom is -0.352 e. The highest BCUT2D eigenvalue weighted by molar-refractivity contribution is 7.09. The summed E-state index contributed by atoms with van der Waals surface area (Å²) >= 11 is 1.54. The number of aryl methyl sites for hydroxylation is 2. The molecular formula is C15H18F3N3OS. The van der Waals surface area contributed by atoms with Crippen molar-refractivity contribution in [2.75, 3.05) is 6.54 Å². The molecule has 8 heteroatoms. The van der Waals surface area contributed by atoms with Gasteiger partial charge >= 0.3 is 6.18 Å². The molecule has 1 N–H and O–H groups in total. The lowest BCUT2D eigenvalue weighted by molar-refractivity contribution is -0.141. The molecule has 0 bridgehead atoms. The first-order chi connectivity index (χ1) is 10.7. The summed E-state index contributed by atoms with van der Waals surface area (Å²) in [5.74, 6) is -0.363. The van der Waals surface area contributed by atoms with E-state index in [2.05, 4.69) is 10.3 Å². The topological polar surface area (TPSA) is 46.9 Å². The van der Waals surface area contributed by atoms with Crippen LogP contribution in [-0.2, 0) is 13.0 Å². The molecule has 1 amide bonds. The average Bonchev–Trinajstić information content (AvgIpc) is 2.96. The standard InChI is InChI=1S/C15H18F3N3OS/c1-9-6-13(10(2)21(9)8-15(16,17)18)14(22)19-5-4-12-7-23-11(3)20-12/h6-7H,4-5,8H2,1-3H3,(H,19,22). The van der Waals surface area contributed by atoms with Crippen LogP contribution in [0.3, 0.4) is 0 Å². The van der Waals surface area contributed by atoms with Crippen LogP contribution in [0.1, 0.15) is 32.4 Å². The first-order valence-electron chi connectivity index (χ1n) is 7.10. The van der Waals surface area contributed by atoms with Crippen LogP contribution in [0.5, 0.6) is 0 Å². The largest absolute Gasteiger partial charge is 0.406 e. The van der Waals surface area contributed by atoms with Crippen molar-refractivity contribution in [1.29, 1.82) is 0 Å². The molecule has 126 valence electrons. The Labute approximate surface area is 136 Å². The van der Waals surface area contributed by atoms with Gasteiger partial charge in [0.25, 0.3) is 5.91 Å². The summed E-state index contributed by atoms with van der Waals surface area (Å²) < 4.78 is 38.8. The lowest BCUT2D eigenvalue weighted by Gasteiger charge is -2.12. The number of amides is 1. The van der Waals surface area contributed by atoms with Gasteiger partial charge in [-0.15, -0.1) is 11.3 Å². The molecule has 0 aliphatic rings. The fourth-order valence-corrected chi connectivity index (χ4v) is 3.02. The zero-order valence-electron chi connectivity index (χ0n) is 13.1. The van der Waals surface area contributed by atoms with Crippen molar-refractivity contribution in [3.05, 3.63) is 39.1 Å². The smallest absolute Gasteiger partial charge is 0.352 e. The molecule has 0 aromatic carbocycles. The Morgan fingerprint density at radius 2 is 2.04 bits per heavy atom. The number of nitrogens with one attached hydrogen (secondary N) is 1. The Morgan fingerprint density at radius 1 is 1.35 bits per heavy atom. The van der Waals surface area contributed by atoms with Gasteiger partial charge in [-0.2, -0.15) is 13.2 Å². The maximum Gasteiger partial charge on any atom is 0.406 e. The second-order valence-electron chi connectivity index (χ2n) is 5.35. The Balaban J connectivity index is 2.00. The van der Waals surface area contributed by atoms with E-state index in [4.69, 9.17) is 0 Å². The molecule has 23 heavy (non-hydrogen) atoms. The lowest BCUT2D eigenvalue weighted by Crippen LogP contribution is -2.26. The van der Waals surface area contributed by atoms with Crippen molar-refractivity contribution >= 4 is 17.2 Å². The van der Waals surface area contributed by atoms with Gasteiger partial charge in [-0.05, 0) is 26.8 Å². The number of hydrogen-bond donors (Lipinski definition) is 1. The Morgan fingerprint density at radius 3 is 2.61 bits per heavy atom. The van der Waals surface area contributed by atoms with Crippen molar-refractivity contribution in [2.45, 2.75) is 39.9 Å². The third kappa shape index (κ3) is 4.57. The highest BCUT2D eigenvalue weighted by atomic mass is 32.1. The van der Waals surface area contributed by atoms with Crippen molar-refractivity contribution in [1.82, 2.24) is 14.9 Å². The van der Waals surface area contributed by atoms with E-state index in [9.17, 15) is 18.0 Å². The van der Waals surface area contributed by atoms with Crippen LogP contribution in [0.2, 0.25) is 0 Å². The zero-order valence-corrected chi connectivity index (χ0v) is 13.9. The number of carbonyl (C=O) groups is 1. The second kappa shape index (κ2) is 6.74.